The second-order valence-corrected chi connectivity index (χ2v) is 11.0. The molecule has 0 aromatic carbocycles. The van der Waals surface area contributed by atoms with Crippen LogP contribution < -0.4 is 5.32 Å². The average molecular weight is 358 g/mol. The molecular weight excluding hydrogens is 318 g/mol. The molecule has 0 heterocycles. The normalized spacial score (nSPS) is 31.8. The Balaban J connectivity index is 1.81. The fourth-order valence-electron chi connectivity index (χ4n) is 5.11. The summed E-state index contributed by atoms with van der Waals surface area (Å²) in [6.45, 7) is 16.5. The van der Waals surface area contributed by atoms with Crippen molar-refractivity contribution in [3.63, 3.8) is 0 Å². The SMILES string of the molecule is CCO[Si](CCCNC1CC2(C)CCC1C2(C)C)(OCC)OCC. The molecule has 142 valence electrons. The number of nitrogens with one attached hydrogen (secondary N) is 1. The number of rotatable bonds is 11. The van der Waals surface area contributed by atoms with Crippen LogP contribution in [0.1, 0.15) is 67.2 Å². The van der Waals surface area contributed by atoms with Crippen LogP contribution in [0.3, 0.4) is 0 Å². The van der Waals surface area contributed by atoms with Crippen LogP contribution in [-0.4, -0.2) is 41.2 Å². The fraction of sp³-hybridized carbons (Fsp3) is 1.00. The first-order valence-electron chi connectivity index (χ1n) is 9.99. The van der Waals surface area contributed by atoms with Crippen molar-refractivity contribution in [2.75, 3.05) is 26.4 Å². The molecule has 2 aliphatic carbocycles. The van der Waals surface area contributed by atoms with Gasteiger partial charge in [0.2, 0.25) is 0 Å². The van der Waals surface area contributed by atoms with Crippen LogP contribution in [0.25, 0.3) is 0 Å². The predicted molar refractivity (Wildman–Crippen MR) is 101 cm³/mol. The van der Waals surface area contributed by atoms with Gasteiger partial charge in [0.25, 0.3) is 0 Å². The number of hydrogen-bond acceptors (Lipinski definition) is 4. The average Bonchev–Trinajstić information content (AvgIpc) is 2.85. The van der Waals surface area contributed by atoms with Crippen LogP contribution in [0.4, 0.5) is 0 Å². The van der Waals surface area contributed by atoms with Crippen molar-refractivity contribution >= 4 is 8.80 Å². The maximum Gasteiger partial charge on any atom is 0.500 e. The van der Waals surface area contributed by atoms with E-state index in [1.165, 1.54) is 19.3 Å². The highest BCUT2D eigenvalue weighted by molar-refractivity contribution is 6.60. The van der Waals surface area contributed by atoms with E-state index >= 15 is 0 Å². The first-order valence-corrected chi connectivity index (χ1v) is 11.9. The van der Waals surface area contributed by atoms with Crippen molar-refractivity contribution in [2.24, 2.45) is 16.7 Å². The van der Waals surface area contributed by atoms with Crippen LogP contribution in [0.15, 0.2) is 0 Å². The molecule has 2 rings (SSSR count). The van der Waals surface area contributed by atoms with Gasteiger partial charge in [-0.1, -0.05) is 20.8 Å². The zero-order chi connectivity index (χ0) is 17.8. The monoisotopic (exact) mass is 357 g/mol. The van der Waals surface area contributed by atoms with Crippen molar-refractivity contribution in [1.29, 1.82) is 0 Å². The third-order valence-corrected chi connectivity index (χ3v) is 9.96. The summed E-state index contributed by atoms with van der Waals surface area (Å²) in [6.07, 6.45) is 5.18. The standard InChI is InChI=1S/C19H39NO3Si/c1-7-21-24(22-8-2,23-9-3)14-10-13-20-17-15-19(6)12-11-16(17)18(19,4)5/h16-17,20H,7-15H2,1-6H3. The van der Waals surface area contributed by atoms with Crippen LogP contribution in [0.2, 0.25) is 6.04 Å². The highest BCUT2D eigenvalue weighted by Crippen LogP contribution is 2.65. The highest BCUT2D eigenvalue weighted by atomic mass is 28.4. The summed E-state index contributed by atoms with van der Waals surface area (Å²) in [5, 5.41) is 3.85. The smallest absolute Gasteiger partial charge is 0.374 e. The second kappa shape index (κ2) is 8.17. The molecular formula is C19H39NO3Si. The molecule has 0 radical (unpaired) electrons. The lowest BCUT2D eigenvalue weighted by atomic mass is 9.71. The van der Waals surface area contributed by atoms with Gasteiger partial charge in [0.1, 0.15) is 0 Å². The van der Waals surface area contributed by atoms with E-state index in [1.807, 2.05) is 20.8 Å². The van der Waals surface area contributed by atoms with E-state index in [2.05, 4.69) is 26.1 Å². The van der Waals surface area contributed by atoms with Crippen molar-refractivity contribution in [3.8, 4) is 0 Å². The molecule has 2 aliphatic rings. The van der Waals surface area contributed by atoms with Crippen molar-refractivity contribution in [1.82, 2.24) is 5.32 Å². The molecule has 3 atom stereocenters. The molecule has 0 aromatic heterocycles. The van der Waals surface area contributed by atoms with E-state index in [9.17, 15) is 0 Å². The van der Waals surface area contributed by atoms with Gasteiger partial charge in [-0.25, -0.2) is 0 Å². The summed E-state index contributed by atoms with van der Waals surface area (Å²) >= 11 is 0. The van der Waals surface area contributed by atoms with E-state index in [0.717, 1.165) is 24.9 Å². The number of fused-ring (bicyclic) bond motifs is 2. The van der Waals surface area contributed by atoms with E-state index in [-0.39, 0.29) is 0 Å². The first kappa shape index (κ1) is 20.4. The molecule has 0 saturated heterocycles. The lowest BCUT2D eigenvalue weighted by molar-refractivity contribution is 0.0707. The Kier molecular flexibility index (Phi) is 6.93. The maximum absolute atomic E-state index is 5.95. The van der Waals surface area contributed by atoms with Gasteiger partial charge >= 0.3 is 8.80 Å². The summed E-state index contributed by atoms with van der Waals surface area (Å²) in [5.74, 6) is 0.829. The zero-order valence-corrected chi connectivity index (χ0v) is 17.7. The van der Waals surface area contributed by atoms with Crippen LogP contribution in [-0.2, 0) is 13.3 Å². The first-order chi connectivity index (χ1) is 11.3. The Morgan fingerprint density at radius 2 is 1.58 bits per heavy atom. The van der Waals surface area contributed by atoms with Gasteiger partial charge in [0, 0.05) is 31.9 Å². The molecule has 2 fully saturated rings. The molecule has 1 N–H and O–H groups in total. The molecule has 5 heteroatoms. The molecule has 0 amide bonds. The molecule has 2 saturated carbocycles. The Morgan fingerprint density at radius 3 is 2.00 bits per heavy atom. The Labute approximate surface area is 150 Å². The lowest BCUT2D eigenvalue weighted by Gasteiger charge is -2.33. The van der Waals surface area contributed by atoms with Crippen molar-refractivity contribution in [2.45, 2.75) is 79.3 Å². The summed E-state index contributed by atoms with van der Waals surface area (Å²) in [7, 11) is -2.47. The minimum atomic E-state index is -2.47. The van der Waals surface area contributed by atoms with Gasteiger partial charge in [-0.3, -0.25) is 0 Å². The van der Waals surface area contributed by atoms with Gasteiger partial charge in [0.15, 0.2) is 0 Å². The van der Waals surface area contributed by atoms with Crippen molar-refractivity contribution in [3.05, 3.63) is 0 Å². The molecule has 0 aromatic rings. The Bertz CT molecular complexity index is 384. The summed E-state index contributed by atoms with van der Waals surface area (Å²) in [6, 6.07) is 1.59. The summed E-state index contributed by atoms with van der Waals surface area (Å²) in [5.41, 5.74) is 1.00. The highest BCUT2D eigenvalue weighted by Gasteiger charge is 2.60. The van der Waals surface area contributed by atoms with Crippen molar-refractivity contribution < 1.29 is 13.3 Å². The van der Waals surface area contributed by atoms with E-state index in [4.69, 9.17) is 13.3 Å². The predicted octanol–water partition coefficient (Wildman–Crippen LogP) is 4.23. The molecule has 2 bridgehead atoms. The van der Waals surface area contributed by atoms with E-state index < -0.39 is 8.80 Å². The number of hydrogen-bond donors (Lipinski definition) is 1. The van der Waals surface area contributed by atoms with Crippen LogP contribution >= 0.6 is 0 Å². The van der Waals surface area contributed by atoms with Gasteiger partial charge in [-0.05, 0) is 69.7 Å². The Morgan fingerprint density at radius 1 is 1.00 bits per heavy atom. The quantitative estimate of drug-likeness (QED) is 0.444. The topological polar surface area (TPSA) is 39.7 Å². The Hall–Kier alpha value is 0.0569. The lowest BCUT2D eigenvalue weighted by Crippen LogP contribution is -2.46. The molecule has 4 nitrogen and oxygen atoms in total. The molecule has 24 heavy (non-hydrogen) atoms. The summed E-state index contributed by atoms with van der Waals surface area (Å²) < 4.78 is 17.8. The fourth-order valence-corrected chi connectivity index (χ4v) is 7.72. The van der Waals surface area contributed by atoms with Crippen LogP contribution in [0.5, 0.6) is 0 Å². The maximum atomic E-state index is 5.95. The third-order valence-electron chi connectivity index (χ3n) is 6.80. The minimum absolute atomic E-state index is 0.477. The third kappa shape index (κ3) is 3.90. The van der Waals surface area contributed by atoms with Gasteiger partial charge in [-0.15, -0.1) is 0 Å². The van der Waals surface area contributed by atoms with E-state index in [0.29, 0.717) is 36.7 Å². The summed E-state index contributed by atoms with van der Waals surface area (Å²) in [4.78, 5) is 0. The van der Waals surface area contributed by atoms with Gasteiger partial charge in [0.05, 0.1) is 0 Å². The molecule has 0 spiro atoms. The molecule has 3 unspecified atom stereocenters. The van der Waals surface area contributed by atoms with Gasteiger partial charge in [-0.2, -0.15) is 0 Å². The molecule has 0 aliphatic heterocycles. The zero-order valence-electron chi connectivity index (χ0n) is 16.7. The van der Waals surface area contributed by atoms with Crippen LogP contribution in [0, 0.1) is 16.7 Å². The minimum Gasteiger partial charge on any atom is -0.374 e. The van der Waals surface area contributed by atoms with E-state index in [1.54, 1.807) is 0 Å². The second-order valence-electron chi connectivity index (χ2n) is 8.28. The largest absolute Gasteiger partial charge is 0.500 e. The van der Waals surface area contributed by atoms with Gasteiger partial charge < -0.3 is 18.6 Å².